The quantitative estimate of drug-likeness (QED) is 0.513. The van der Waals surface area contributed by atoms with Crippen molar-refractivity contribution in [3.05, 3.63) is 45.8 Å². The number of anilines is 2. The van der Waals surface area contributed by atoms with Crippen LogP contribution in [-0.2, 0) is 12.8 Å². The van der Waals surface area contributed by atoms with Gasteiger partial charge in [-0.1, -0.05) is 0 Å². The average Bonchev–Trinajstić information content (AvgIpc) is 2.90. The summed E-state index contributed by atoms with van der Waals surface area (Å²) in [5, 5.41) is 19.0. The fourth-order valence-electron chi connectivity index (χ4n) is 3.14. The van der Waals surface area contributed by atoms with Gasteiger partial charge >= 0.3 is 0 Å². The average molecular weight is 315 g/mol. The molecule has 1 heterocycles. The van der Waals surface area contributed by atoms with Gasteiger partial charge in [-0.25, -0.2) is 0 Å². The summed E-state index contributed by atoms with van der Waals surface area (Å²) in [5.41, 5.74) is 9.33. The summed E-state index contributed by atoms with van der Waals surface area (Å²) in [7, 11) is 0. The SMILES string of the molecule is CC(C)n1ncc2c1C[C@@H](Nc1cc(N)ccc1[N+](=O)[O-])CC2. The van der Waals surface area contributed by atoms with Crippen LogP contribution in [0.4, 0.5) is 17.1 Å². The number of nitro benzene ring substituents is 1. The number of nitrogens with zero attached hydrogens (tertiary/aromatic N) is 3. The smallest absolute Gasteiger partial charge is 0.292 e. The molecule has 1 atom stereocenters. The Bertz CT molecular complexity index is 738. The lowest BCUT2D eigenvalue weighted by Gasteiger charge is -2.26. The van der Waals surface area contributed by atoms with Gasteiger partial charge in [-0.05, 0) is 44.4 Å². The summed E-state index contributed by atoms with van der Waals surface area (Å²) in [6.07, 6.45) is 4.59. The molecule has 0 amide bonds. The maximum absolute atomic E-state index is 11.2. The van der Waals surface area contributed by atoms with Gasteiger partial charge in [0.15, 0.2) is 0 Å². The molecule has 1 aliphatic rings. The predicted molar refractivity (Wildman–Crippen MR) is 89.6 cm³/mol. The number of nitrogen functional groups attached to an aromatic ring is 1. The van der Waals surface area contributed by atoms with Crippen LogP contribution in [0.15, 0.2) is 24.4 Å². The first kappa shape index (κ1) is 15.3. The molecule has 0 aliphatic heterocycles. The molecule has 7 heteroatoms. The van der Waals surface area contributed by atoms with Crippen molar-refractivity contribution in [2.45, 2.75) is 45.2 Å². The highest BCUT2D eigenvalue weighted by molar-refractivity contribution is 5.67. The number of hydrogen-bond donors (Lipinski definition) is 2. The third-order valence-electron chi connectivity index (χ3n) is 4.25. The van der Waals surface area contributed by atoms with Crippen LogP contribution in [0.3, 0.4) is 0 Å². The van der Waals surface area contributed by atoms with Gasteiger partial charge in [-0.3, -0.25) is 14.8 Å². The van der Waals surface area contributed by atoms with E-state index in [1.165, 1.54) is 17.3 Å². The van der Waals surface area contributed by atoms with E-state index in [4.69, 9.17) is 5.73 Å². The third-order valence-corrected chi connectivity index (χ3v) is 4.25. The minimum atomic E-state index is -0.381. The second-order valence-corrected chi connectivity index (χ2v) is 6.27. The minimum Gasteiger partial charge on any atom is -0.399 e. The first-order valence-corrected chi connectivity index (χ1v) is 7.81. The van der Waals surface area contributed by atoms with Crippen LogP contribution in [0.2, 0.25) is 0 Å². The van der Waals surface area contributed by atoms with Crippen LogP contribution in [0, 0.1) is 10.1 Å². The summed E-state index contributed by atoms with van der Waals surface area (Å²) >= 11 is 0. The fraction of sp³-hybridized carbons (Fsp3) is 0.438. The molecule has 1 aromatic carbocycles. The third kappa shape index (κ3) is 2.99. The first-order valence-electron chi connectivity index (χ1n) is 7.81. The summed E-state index contributed by atoms with van der Waals surface area (Å²) in [5.74, 6) is 0. The number of benzene rings is 1. The molecule has 0 bridgehead atoms. The zero-order valence-electron chi connectivity index (χ0n) is 13.3. The molecule has 122 valence electrons. The minimum absolute atomic E-state index is 0.0577. The molecule has 0 fully saturated rings. The van der Waals surface area contributed by atoms with Gasteiger partial charge in [0.25, 0.3) is 5.69 Å². The van der Waals surface area contributed by atoms with Crippen LogP contribution < -0.4 is 11.1 Å². The number of aromatic nitrogens is 2. The lowest BCUT2D eigenvalue weighted by Crippen LogP contribution is -2.29. The Morgan fingerprint density at radius 1 is 1.48 bits per heavy atom. The standard InChI is InChI=1S/C16H21N5O2/c1-10(2)20-16-8-13(5-3-11(16)9-18-20)19-14-7-12(17)4-6-15(14)21(22)23/h4,6-7,9-10,13,19H,3,5,8,17H2,1-2H3/t13-/m0/s1. The topological polar surface area (TPSA) is 99.0 Å². The van der Waals surface area contributed by atoms with Crippen molar-refractivity contribution in [3.63, 3.8) is 0 Å². The van der Waals surface area contributed by atoms with E-state index in [0.29, 0.717) is 17.4 Å². The van der Waals surface area contributed by atoms with Crippen molar-refractivity contribution >= 4 is 17.1 Å². The van der Waals surface area contributed by atoms with Crippen molar-refractivity contribution in [1.82, 2.24) is 9.78 Å². The molecular weight excluding hydrogens is 294 g/mol. The normalized spacial score (nSPS) is 17.1. The molecule has 0 saturated carbocycles. The number of fused-ring (bicyclic) bond motifs is 1. The second-order valence-electron chi connectivity index (χ2n) is 6.27. The van der Waals surface area contributed by atoms with Crippen molar-refractivity contribution in [1.29, 1.82) is 0 Å². The monoisotopic (exact) mass is 315 g/mol. The van der Waals surface area contributed by atoms with E-state index >= 15 is 0 Å². The maximum Gasteiger partial charge on any atom is 0.292 e. The first-order chi connectivity index (χ1) is 11.0. The molecule has 1 aromatic heterocycles. The van der Waals surface area contributed by atoms with E-state index in [0.717, 1.165) is 19.3 Å². The number of nitrogens with two attached hydrogens (primary N) is 1. The summed E-state index contributed by atoms with van der Waals surface area (Å²) in [6.45, 7) is 4.21. The van der Waals surface area contributed by atoms with Crippen LogP contribution in [-0.4, -0.2) is 20.7 Å². The van der Waals surface area contributed by atoms with Gasteiger partial charge in [0, 0.05) is 36.0 Å². The van der Waals surface area contributed by atoms with Crippen LogP contribution >= 0.6 is 0 Å². The summed E-state index contributed by atoms with van der Waals surface area (Å²) in [6, 6.07) is 5.07. The fourth-order valence-corrected chi connectivity index (χ4v) is 3.14. The molecular formula is C16H21N5O2. The van der Waals surface area contributed by atoms with Gasteiger partial charge in [-0.15, -0.1) is 0 Å². The van der Waals surface area contributed by atoms with Crippen molar-refractivity contribution in [2.75, 3.05) is 11.1 Å². The Morgan fingerprint density at radius 2 is 2.26 bits per heavy atom. The highest BCUT2D eigenvalue weighted by Gasteiger charge is 2.25. The van der Waals surface area contributed by atoms with Gasteiger partial charge in [0.2, 0.25) is 0 Å². The van der Waals surface area contributed by atoms with E-state index in [9.17, 15) is 10.1 Å². The number of nitrogens with one attached hydrogen (secondary N) is 1. The zero-order valence-corrected chi connectivity index (χ0v) is 13.3. The van der Waals surface area contributed by atoms with Crippen molar-refractivity contribution in [3.8, 4) is 0 Å². The van der Waals surface area contributed by atoms with Crippen molar-refractivity contribution in [2.24, 2.45) is 0 Å². The van der Waals surface area contributed by atoms with E-state index in [2.05, 4.69) is 24.3 Å². The van der Waals surface area contributed by atoms with E-state index in [1.54, 1.807) is 12.1 Å². The Kier molecular flexibility index (Phi) is 3.94. The summed E-state index contributed by atoms with van der Waals surface area (Å²) in [4.78, 5) is 10.8. The number of nitro groups is 1. The van der Waals surface area contributed by atoms with Gasteiger partial charge < -0.3 is 11.1 Å². The Hall–Kier alpha value is -2.57. The van der Waals surface area contributed by atoms with Gasteiger partial charge in [0.05, 0.1) is 11.1 Å². The highest BCUT2D eigenvalue weighted by Crippen LogP contribution is 2.30. The Balaban J connectivity index is 1.84. The number of aryl methyl sites for hydroxylation is 1. The van der Waals surface area contributed by atoms with Crippen LogP contribution in [0.25, 0.3) is 0 Å². The zero-order chi connectivity index (χ0) is 16.6. The van der Waals surface area contributed by atoms with Gasteiger partial charge in [-0.2, -0.15) is 5.10 Å². The highest BCUT2D eigenvalue weighted by atomic mass is 16.6. The Labute approximate surface area is 134 Å². The van der Waals surface area contributed by atoms with Crippen LogP contribution in [0.5, 0.6) is 0 Å². The van der Waals surface area contributed by atoms with E-state index in [-0.39, 0.29) is 16.7 Å². The second kappa shape index (κ2) is 5.91. The molecule has 3 rings (SSSR count). The predicted octanol–water partition coefficient (Wildman–Crippen LogP) is 2.92. The maximum atomic E-state index is 11.2. The Morgan fingerprint density at radius 3 is 2.96 bits per heavy atom. The molecule has 1 aliphatic carbocycles. The molecule has 3 N–H and O–H groups in total. The summed E-state index contributed by atoms with van der Waals surface area (Å²) < 4.78 is 2.04. The molecule has 0 saturated heterocycles. The molecule has 0 unspecified atom stereocenters. The molecule has 7 nitrogen and oxygen atoms in total. The molecule has 0 radical (unpaired) electrons. The number of hydrogen-bond acceptors (Lipinski definition) is 5. The lowest BCUT2D eigenvalue weighted by molar-refractivity contribution is -0.384. The van der Waals surface area contributed by atoms with Crippen LogP contribution in [0.1, 0.15) is 37.6 Å². The lowest BCUT2D eigenvalue weighted by atomic mass is 9.93. The van der Waals surface area contributed by atoms with E-state index in [1.807, 2.05) is 10.9 Å². The molecule has 23 heavy (non-hydrogen) atoms. The van der Waals surface area contributed by atoms with Crippen molar-refractivity contribution < 1.29 is 4.92 Å². The van der Waals surface area contributed by atoms with Gasteiger partial charge in [0.1, 0.15) is 5.69 Å². The molecule has 2 aromatic rings. The molecule has 0 spiro atoms. The van der Waals surface area contributed by atoms with E-state index < -0.39 is 0 Å². The largest absolute Gasteiger partial charge is 0.399 e. The number of rotatable bonds is 4.